The number of nitrogens with two attached hydrogens (primary N) is 1. The highest BCUT2D eigenvalue weighted by molar-refractivity contribution is 5.78. The Morgan fingerprint density at radius 2 is 2.38 bits per heavy atom. The van der Waals surface area contributed by atoms with Gasteiger partial charge in [0.25, 0.3) is 0 Å². The van der Waals surface area contributed by atoms with E-state index >= 15 is 0 Å². The third-order valence-electron chi connectivity index (χ3n) is 2.83. The molecule has 0 spiro atoms. The van der Waals surface area contributed by atoms with Gasteiger partial charge in [0, 0.05) is 25.1 Å². The topological polar surface area (TPSA) is 66.6 Å². The Hall–Kier alpha value is -0.610. The molecular weight excluding hydrogens is 168 g/mol. The molecule has 76 valence electrons. The lowest BCUT2D eigenvalue weighted by Crippen LogP contribution is -2.41. The summed E-state index contributed by atoms with van der Waals surface area (Å²) in [5.74, 6) is 0.253. The van der Waals surface area contributed by atoms with Crippen molar-refractivity contribution in [2.45, 2.75) is 25.8 Å². The Morgan fingerprint density at radius 1 is 1.69 bits per heavy atom. The van der Waals surface area contributed by atoms with Gasteiger partial charge in [0.05, 0.1) is 6.54 Å². The molecule has 0 aromatic rings. The molecule has 2 atom stereocenters. The maximum atomic E-state index is 11.4. The Morgan fingerprint density at radius 3 is 2.85 bits per heavy atom. The highest BCUT2D eigenvalue weighted by atomic mass is 16.3. The Balaban J connectivity index is 2.62. The van der Waals surface area contributed by atoms with E-state index in [2.05, 4.69) is 0 Å². The lowest BCUT2D eigenvalue weighted by atomic mass is 9.99. The minimum atomic E-state index is 0.00259. The number of nitrogens with zero attached hydrogens (tertiary/aromatic N) is 1. The Kier molecular flexibility index (Phi) is 3.69. The van der Waals surface area contributed by atoms with Crippen LogP contribution in [0.2, 0.25) is 0 Å². The van der Waals surface area contributed by atoms with Crippen molar-refractivity contribution in [2.75, 3.05) is 19.7 Å². The van der Waals surface area contributed by atoms with Crippen molar-refractivity contribution < 1.29 is 9.90 Å². The van der Waals surface area contributed by atoms with Crippen molar-refractivity contribution in [3.63, 3.8) is 0 Å². The van der Waals surface area contributed by atoms with E-state index < -0.39 is 0 Å². The molecule has 0 radical (unpaired) electrons. The molecule has 3 N–H and O–H groups in total. The van der Waals surface area contributed by atoms with Crippen molar-refractivity contribution in [2.24, 2.45) is 11.7 Å². The van der Waals surface area contributed by atoms with Crippen LogP contribution in [0.5, 0.6) is 0 Å². The van der Waals surface area contributed by atoms with Crippen LogP contribution in [0.3, 0.4) is 0 Å². The van der Waals surface area contributed by atoms with E-state index in [0.29, 0.717) is 0 Å². The summed E-state index contributed by atoms with van der Waals surface area (Å²) >= 11 is 0. The molecule has 0 aromatic heterocycles. The summed E-state index contributed by atoms with van der Waals surface area (Å²) in [6.07, 6.45) is 1.80. The van der Waals surface area contributed by atoms with Crippen LogP contribution in [-0.2, 0) is 4.79 Å². The molecule has 1 saturated heterocycles. The van der Waals surface area contributed by atoms with Gasteiger partial charge in [0.1, 0.15) is 0 Å². The van der Waals surface area contributed by atoms with Gasteiger partial charge in [0.2, 0.25) is 5.91 Å². The molecule has 1 heterocycles. The largest absolute Gasteiger partial charge is 0.396 e. The maximum Gasteiger partial charge on any atom is 0.236 e. The first-order chi connectivity index (χ1) is 6.24. The molecule has 0 aromatic carbocycles. The number of rotatable bonds is 3. The van der Waals surface area contributed by atoms with Crippen LogP contribution in [0.4, 0.5) is 0 Å². The third-order valence-corrected chi connectivity index (χ3v) is 2.83. The van der Waals surface area contributed by atoms with Gasteiger partial charge in [-0.1, -0.05) is 6.92 Å². The molecule has 0 unspecified atom stereocenters. The minimum absolute atomic E-state index is 0.00259. The van der Waals surface area contributed by atoms with Gasteiger partial charge in [-0.25, -0.2) is 0 Å². The number of likely N-dealkylation sites (tertiary alicyclic amines) is 1. The first-order valence-electron chi connectivity index (χ1n) is 4.85. The number of carbonyl (C=O) groups excluding carboxylic acids is 1. The van der Waals surface area contributed by atoms with Gasteiger partial charge < -0.3 is 15.7 Å². The molecule has 1 rings (SSSR count). The molecule has 1 aliphatic rings. The van der Waals surface area contributed by atoms with Crippen LogP contribution in [0.25, 0.3) is 0 Å². The minimum Gasteiger partial charge on any atom is -0.396 e. The lowest BCUT2D eigenvalue weighted by Gasteiger charge is -2.26. The quantitative estimate of drug-likeness (QED) is 0.628. The third kappa shape index (κ3) is 2.00. The van der Waals surface area contributed by atoms with Gasteiger partial charge in [-0.2, -0.15) is 0 Å². The highest BCUT2D eigenvalue weighted by Gasteiger charge is 2.34. The Labute approximate surface area is 78.7 Å². The fourth-order valence-corrected chi connectivity index (χ4v) is 2.11. The van der Waals surface area contributed by atoms with E-state index in [1.807, 2.05) is 6.92 Å². The molecule has 0 aliphatic carbocycles. The Bertz CT molecular complexity index is 184. The summed E-state index contributed by atoms with van der Waals surface area (Å²) in [6.45, 7) is 3.04. The fourth-order valence-electron chi connectivity index (χ4n) is 2.11. The fraction of sp³-hybridized carbons (Fsp3) is 0.889. The second kappa shape index (κ2) is 4.58. The van der Waals surface area contributed by atoms with Crippen molar-refractivity contribution in [1.29, 1.82) is 0 Å². The second-order valence-electron chi connectivity index (χ2n) is 3.50. The SMILES string of the molecule is CC[C@H]1[C@@H](CO)CCN1C(=O)CN. The van der Waals surface area contributed by atoms with Crippen molar-refractivity contribution in [1.82, 2.24) is 4.90 Å². The molecule has 1 aliphatic heterocycles. The number of hydrogen-bond acceptors (Lipinski definition) is 3. The predicted molar refractivity (Wildman–Crippen MR) is 50.0 cm³/mol. The number of amides is 1. The molecule has 13 heavy (non-hydrogen) atoms. The standard InChI is InChI=1S/C9H18N2O2/c1-2-8-7(6-12)3-4-11(8)9(13)5-10/h7-8,12H,2-6,10H2,1H3/t7-,8+/m1/s1. The molecule has 0 saturated carbocycles. The highest BCUT2D eigenvalue weighted by Crippen LogP contribution is 2.25. The van der Waals surface area contributed by atoms with Gasteiger partial charge in [-0.05, 0) is 12.8 Å². The predicted octanol–water partition coefficient (Wildman–Crippen LogP) is -0.435. The average Bonchev–Trinajstić information content (AvgIpc) is 2.58. The molecule has 1 amide bonds. The van der Waals surface area contributed by atoms with Crippen LogP contribution in [0.15, 0.2) is 0 Å². The molecule has 4 nitrogen and oxygen atoms in total. The second-order valence-corrected chi connectivity index (χ2v) is 3.50. The van der Waals surface area contributed by atoms with E-state index in [1.165, 1.54) is 0 Å². The number of aliphatic hydroxyl groups excluding tert-OH is 1. The summed E-state index contributed by atoms with van der Waals surface area (Å²) in [6, 6.07) is 0.195. The molecular formula is C9H18N2O2. The van der Waals surface area contributed by atoms with E-state index in [9.17, 15) is 4.79 Å². The maximum absolute atomic E-state index is 11.4. The number of aliphatic hydroxyl groups is 1. The summed E-state index contributed by atoms with van der Waals surface area (Å²) in [4.78, 5) is 13.2. The molecule has 4 heteroatoms. The van der Waals surface area contributed by atoms with E-state index in [-0.39, 0.29) is 31.0 Å². The summed E-state index contributed by atoms with van der Waals surface area (Å²) in [5, 5.41) is 9.07. The summed E-state index contributed by atoms with van der Waals surface area (Å²) < 4.78 is 0. The van der Waals surface area contributed by atoms with Gasteiger partial charge >= 0.3 is 0 Å². The number of carbonyl (C=O) groups is 1. The number of hydrogen-bond donors (Lipinski definition) is 2. The van der Waals surface area contributed by atoms with E-state index in [4.69, 9.17) is 10.8 Å². The van der Waals surface area contributed by atoms with Crippen LogP contribution in [0, 0.1) is 5.92 Å². The van der Waals surface area contributed by atoms with E-state index in [1.54, 1.807) is 4.90 Å². The first-order valence-corrected chi connectivity index (χ1v) is 4.85. The lowest BCUT2D eigenvalue weighted by molar-refractivity contribution is -0.131. The van der Waals surface area contributed by atoms with Crippen LogP contribution < -0.4 is 5.73 Å². The summed E-state index contributed by atoms with van der Waals surface area (Å²) in [7, 11) is 0. The summed E-state index contributed by atoms with van der Waals surface area (Å²) in [5.41, 5.74) is 5.30. The molecule has 0 bridgehead atoms. The van der Waals surface area contributed by atoms with Crippen LogP contribution in [-0.4, -0.2) is 41.7 Å². The smallest absolute Gasteiger partial charge is 0.236 e. The zero-order valence-electron chi connectivity index (χ0n) is 8.07. The monoisotopic (exact) mass is 186 g/mol. The zero-order valence-corrected chi connectivity index (χ0v) is 8.07. The average molecular weight is 186 g/mol. The molecule has 1 fully saturated rings. The van der Waals surface area contributed by atoms with Gasteiger partial charge in [-0.3, -0.25) is 4.79 Å². The van der Waals surface area contributed by atoms with E-state index in [0.717, 1.165) is 19.4 Å². The van der Waals surface area contributed by atoms with Crippen molar-refractivity contribution in [3.8, 4) is 0 Å². The zero-order chi connectivity index (χ0) is 9.84. The van der Waals surface area contributed by atoms with Gasteiger partial charge in [0.15, 0.2) is 0 Å². The van der Waals surface area contributed by atoms with Crippen molar-refractivity contribution >= 4 is 5.91 Å². The van der Waals surface area contributed by atoms with Crippen LogP contribution in [0.1, 0.15) is 19.8 Å². The normalized spacial score (nSPS) is 28.1. The van der Waals surface area contributed by atoms with Crippen molar-refractivity contribution in [3.05, 3.63) is 0 Å². The first kappa shape index (κ1) is 10.5. The van der Waals surface area contributed by atoms with Crippen LogP contribution >= 0.6 is 0 Å². The van der Waals surface area contributed by atoms with Gasteiger partial charge in [-0.15, -0.1) is 0 Å².